The van der Waals surface area contributed by atoms with E-state index in [-0.39, 0.29) is 12.4 Å². The Labute approximate surface area is 178 Å². The molecule has 4 rings (SSSR count). The molecule has 0 atom stereocenters. The number of hydrogen-bond acceptors (Lipinski definition) is 5. The van der Waals surface area contributed by atoms with Gasteiger partial charge in [-0.15, -0.1) is 12.4 Å². The van der Waals surface area contributed by atoms with Gasteiger partial charge in [0.2, 0.25) is 0 Å². The first kappa shape index (κ1) is 21.6. The van der Waals surface area contributed by atoms with E-state index in [2.05, 4.69) is 22.1 Å². The second-order valence-corrected chi connectivity index (χ2v) is 8.98. The quantitative estimate of drug-likeness (QED) is 0.643. The first-order chi connectivity index (χ1) is 13.6. The van der Waals surface area contributed by atoms with E-state index >= 15 is 0 Å². The molecule has 1 N–H and O–H groups in total. The Morgan fingerprint density at radius 2 is 1.79 bits per heavy atom. The van der Waals surface area contributed by atoms with Crippen LogP contribution in [-0.2, 0) is 16.4 Å². The number of unbranched alkanes of at least 4 members (excludes halogenated alkanes) is 1. The molecule has 1 aromatic carbocycles. The van der Waals surface area contributed by atoms with Crippen molar-refractivity contribution in [2.75, 3.05) is 31.1 Å². The minimum Gasteiger partial charge on any atom is -0.354 e. The molecule has 1 fully saturated rings. The van der Waals surface area contributed by atoms with Crippen LogP contribution in [0.4, 0.5) is 5.82 Å². The number of anilines is 1. The minimum absolute atomic E-state index is 0. The number of aryl methyl sites for hydroxylation is 1. The van der Waals surface area contributed by atoms with Gasteiger partial charge in [-0.2, -0.15) is 0 Å². The Hall–Kier alpha value is -2.09. The van der Waals surface area contributed by atoms with Crippen LogP contribution >= 0.6 is 12.4 Å². The summed E-state index contributed by atoms with van der Waals surface area (Å²) >= 11 is 0. The van der Waals surface area contributed by atoms with Crippen molar-refractivity contribution < 1.29 is 8.42 Å². The second kappa shape index (κ2) is 9.15. The average Bonchev–Trinajstić information content (AvgIpc) is 3.18. The summed E-state index contributed by atoms with van der Waals surface area (Å²) in [5.74, 6) is 0.850. The van der Waals surface area contributed by atoms with Crippen molar-refractivity contribution in [3.63, 3.8) is 0 Å². The van der Waals surface area contributed by atoms with Gasteiger partial charge in [-0.1, -0.05) is 25.5 Å². The highest BCUT2D eigenvalue weighted by molar-refractivity contribution is 7.90. The summed E-state index contributed by atoms with van der Waals surface area (Å²) in [6.07, 6.45) is 6.54. The van der Waals surface area contributed by atoms with Crippen molar-refractivity contribution in [2.24, 2.45) is 0 Å². The third-order valence-electron chi connectivity index (χ3n) is 5.28. The Bertz CT molecular complexity index is 1060. The first-order valence-corrected chi connectivity index (χ1v) is 11.3. The summed E-state index contributed by atoms with van der Waals surface area (Å²) in [7, 11) is -3.65. The number of benzene rings is 1. The van der Waals surface area contributed by atoms with Gasteiger partial charge < -0.3 is 10.2 Å². The summed E-state index contributed by atoms with van der Waals surface area (Å²) in [6, 6.07) is 10.9. The van der Waals surface area contributed by atoms with E-state index in [0.29, 0.717) is 10.4 Å². The highest BCUT2D eigenvalue weighted by atomic mass is 35.5. The molecule has 29 heavy (non-hydrogen) atoms. The van der Waals surface area contributed by atoms with Crippen LogP contribution in [0.5, 0.6) is 0 Å². The molecule has 3 heterocycles. The van der Waals surface area contributed by atoms with Crippen molar-refractivity contribution in [1.29, 1.82) is 0 Å². The van der Waals surface area contributed by atoms with Crippen LogP contribution in [0.2, 0.25) is 0 Å². The topological polar surface area (TPSA) is 67.2 Å². The van der Waals surface area contributed by atoms with Gasteiger partial charge in [0, 0.05) is 44.0 Å². The van der Waals surface area contributed by atoms with Crippen LogP contribution in [-0.4, -0.2) is 43.6 Å². The van der Waals surface area contributed by atoms with Gasteiger partial charge in [-0.3, -0.25) is 0 Å². The monoisotopic (exact) mass is 434 g/mol. The molecule has 6 nitrogen and oxygen atoms in total. The largest absolute Gasteiger partial charge is 0.354 e. The van der Waals surface area contributed by atoms with Gasteiger partial charge >= 0.3 is 0 Å². The Morgan fingerprint density at radius 3 is 2.48 bits per heavy atom. The zero-order chi connectivity index (χ0) is 19.6. The van der Waals surface area contributed by atoms with Crippen molar-refractivity contribution in [3.8, 4) is 0 Å². The minimum atomic E-state index is -3.65. The van der Waals surface area contributed by atoms with Gasteiger partial charge in [-0.05, 0) is 42.7 Å². The van der Waals surface area contributed by atoms with Crippen LogP contribution in [0.1, 0.15) is 25.3 Å². The Balaban J connectivity index is 0.00000240. The SMILES string of the molecule is CCCCc1ccc(S(=O)(=O)n2ccc3c(N4CCNCC4)nccc32)cc1.Cl. The molecule has 156 valence electrons. The highest BCUT2D eigenvalue weighted by Gasteiger charge is 2.22. The highest BCUT2D eigenvalue weighted by Crippen LogP contribution is 2.28. The fourth-order valence-corrected chi connectivity index (χ4v) is 5.03. The van der Waals surface area contributed by atoms with Crippen molar-refractivity contribution in [1.82, 2.24) is 14.3 Å². The fourth-order valence-electron chi connectivity index (χ4n) is 3.69. The lowest BCUT2D eigenvalue weighted by Gasteiger charge is -2.28. The van der Waals surface area contributed by atoms with Gasteiger partial charge in [0.1, 0.15) is 5.82 Å². The van der Waals surface area contributed by atoms with Crippen LogP contribution in [0.15, 0.2) is 53.7 Å². The van der Waals surface area contributed by atoms with Crippen LogP contribution in [0, 0.1) is 0 Å². The van der Waals surface area contributed by atoms with Gasteiger partial charge in [0.25, 0.3) is 10.0 Å². The van der Waals surface area contributed by atoms with E-state index in [9.17, 15) is 8.42 Å². The van der Waals surface area contributed by atoms with Crippen LogP contribution < -0.4 is 10.2 Å². The smallest absolute Gasteiger partial charge is 0.268 e. The summed E-state index contributed by atoms with van der Waals surface area (Å²) in [6.45, 7) is 5.69. The molecule has 1 aliphatic rings. The molecule has 3 aromatic rings. The number of hydrogen-bond donors (Lipinski definition) is 1. The summed E-state index contributed by atoms with van der Waals surface area (Å²) in [5.41, 5.74) is 1.84. The van der Waals surface area contributed by atoms with E-state index in [1.165, 1.54) is 9.54 Å². The zero-order valence-electron chi connectivity index (χ0n) is 16.5. The summed E-state index contributed by atoms with van der Waals surface area (Å²) < 4.78 is 27.9. The molecule has 0 bridgehead atoms. The third-order valence-corrected chi connectivity index (χ3v) is 6.98. The molecular formula is C21H27ClN4O2S. The lowest BCUT2D eigenvalue weighted by molar-refractivity contribution is 0.586. The zero-order valence-corrected chi connectivity index (χ0v) is 18.2. The number of rotatable bonds is 6. The maximum Gasteiger partial charge on any atom is 0.268 e. The van der Waals surface area contributed by atoms with Crippen LogP contribution in [0.25, 0.3) is 10.9 Å². The molecule has 0 unspecified atom stereocenters. The predicted molar refractivity (Wildman–Crippen MR) is 120 cm³/mol. The lowest BCUT2D eigenvalue weighted by Crippen LogP contribution is -2.43. The van der Waals surface area contributed by atoms with Gasteiger partial charge in [0.05, 0.1) is 10.4 Å². The van der Waals surface area contributed by atoms with E-state index in [1.807, 2.05) is 18.2 Å². The van der Waals surface area contributed by atoms with E-state index in [4.69, 9.17) is 0 Å². The van der Waals surface area contributed by atoms with E-state index in [1.54, 1.807) is 30.6 Å². The summed E-state index contributed by atoms with van der Waals surface area (Å²) in [4.78, 5) is 7.05. The lowest BCUT2D eigenvalue weighted by atomic mass is 10.1. The van der Waals surface area contributed by atoms with Crippen molar-refractivity contribution >= 4 is 39.2 Å². The van der Waals surface area contributed by atoms with E-state index < -0.39 is 10.0 Å². The molecule has 2 aromatic heterocycles. The van der Waals surface area contributed by atoms with Crippen molar-refractivity contribution in [2.45, 2.75) is 31.1 Å². The molecule has 0 spiro atoms. The van der Waals surface area contributed by atoms with Gasteiger partial charge in [0.15, 0.2) is 0 Å². The summed E-state index contributed by atoms with van der Waals surface area (Å²) in [5, 5.41) is 4.20. The first-order valence-electron chi connectivity index (χ1n) is 9.87. The number of aromatic nitrogens is 2. The van der Waals surface area contributed by atoms with Crippen LogP contribution in [0.3, 0.4) is 0 Å². The maximum atomic E-state index is 13.2. The molecule has 0 amide bonds. The number of pyridine rings is 1. The molecule has 1 aliphatic heterocycles. The number of halogens is 1. The Kier molecular flexibility index (Phi) is 6.82. The third kappa shape index (κ3) is 4.27. The normalized spacial score (nSPS) is 14.7. The molecular weight excluding hydrogens is 408 g/mol. The number of nitrogens with zero attached hydrogens (tertiary/aromatic N) is 3. The van der Waals surface area contributed by atoms with Gasteiger partial charge in [-0.25, -0.2) is 17.4 Å². The number of piperazine rings is 1. The standard InChI is InChI=1S/C21H26N4O2S.ClH/c1-2-3-4-17-5-7-18(8-6-17)28(26,27)25-14-10-19-20(25)9-11-23-21(19)24-15-12-22-13-16-24;/h5-11,14,22H,2-4,12-13,15-16H2,1H3;1H. The van der Waals surface area contributed by atoms with E-state index in [0.717, 1.165) is 56.6 Å². The predicted octanol–water partition coefficient (Wildman–Crippen LogP) is 3.45. The molecule has 0 aliphatic carbocycles. The number of nitrogens with one attached hydrogen (secondary N) is 1. The molecule has 8 heteroatoms. The molecule has 1 saturated heterocycles. The van der Waals surface area contributed by atoms with Crippen molar-refractivity contribution in [3.05, 3.63) is 54.4 Å². The molecule has 0 radical (unpaired) electrons. The number of fused-ring (bicyclic) bond motifs is 1. The average molecular weight is 435 g/mol. The second-order valence-electron chi connectivity index (χ2n) is 7.17. The maximum absolute atomic E-state index is 13.2. The fraction of sp³-hybridized carbons (Fsp3) is 0.381. The Morgan fingerprint density at radius 1 is 1.07 bits per heavy atom. The molecule has 0 saturated carbocycles.